The van der Waals surface area contributed by atoms with Crippen molar-refractivity contribution in [3.05, 3.63) is 58.1 Å². The van der Waals surface area contributed by atoms with Crippen molar-refractivity contribution in [2.24, 2.45) is 0 Å². The SMILES string of the molecule is COc1ccc(NC(C)=O)cc1NC(=O)c1cccc([N+](=O)[O-])c1. The first-order valence-corrected chi connectivity index (χ1v) is 6.92. The molecule has 8 nitrogen and oxygen atoms in total. The summed E-state index contributed by atoms with van der Waals surface area (Å²) in [7, 11) is 1.44. The molecule has 2 aromatic carbocycles. The number of hydrogen-bond donors (Lipinski definition) is 2. The molecule has 2 N–H and O–H groups in total. The van der Waals surface area contributed by atoms with Crippen LogP contribution in [0.1, 0.15) is 17.3 Å². The quantitative estimate of drug-likeness (QED) is 0.647. The minimum absolute atomic E-state index is 0.135. The molecule has 0 saturated carbocycles. The van der Waals surface area contributed by atoms with Crippen LogP contribution < -0.4 is 15.4 Å². The van der Waals surface area contributed by atoms with Gasteiger partial charge in [0.1, 0.15) is 5.75 Å². The average molecular weight is 329 g/mol. The standard InChI is InChI=1S/C16H15N3O5/c1-10(20)17-12-6-7-15(24-2)14(9-12)18-16(21)11-4-3-5-13(8-11)19(22)23/h3-9H,1-2H3,(H,17,20)(H,18,21). The highest BCUT2D eigenvalue weighted by Crippen LogP contribution is 2.28. The smallest absolute Gasteiger partial charge is 0.270 e. The van der Waals surface area contributed by atoms with E-state index < -0.39 is 10.8 Å². The number of ether oxygens (including phenoxy) is 1. The van der Waals surface area contributed by atoms with Gasteiger partial charge in [0.15, 0.2) is 0 Å². The molecule has 2 aromatic rings. The maximum atomic E-state index is 12.3. The zero-order valence-electron chi connectivity index (χ0n) is 13.0. The third kappa shape index (κ3) is 4.07. The van der Waals surface area contributed by atoms with E-state index >= 15 is 0 Å². The summed E-state index contributed by atoms with van der Waals surface area (Å²) in [5.74, 6) is -0.393. The molecule has 0 fully saturated rings. The van der Waals surface area contributed by atoms with Crippen LogP contribution >= 0.6 is 0 Å². The Kier molecular flexibility index (Phi) is 5.10. The number of nitro benzene ring substituents is 1. The normalized spacial score (nSPS) is 9.92. The van der Waals surface area contributed by atoms with E-state index in [1.54, 1.807) is 12.1 Å². The van der Waals surface area contributed by atoms with Gasteiger partial charge < -0.3 is 15.4 Å². The second-order valence-electron chi connectivity index (χ2n) is 4.86. The van der Waals surface area contributed by atoms with Crippen LogP contribution in [0.2, 0.25) is 0 Å². The molecule has 0 atom stereocenters. The van der Waals surface area contributed by atoms with Crippen LogP contribution in [0.15, 0.2) is 42.5 Å². The van der Waals surface area contributed by atoms with Gasteiger partial charge in [0, 0.05) is 30.3 Å². The summed E-state index contributed by atoms with van der Waals surface area (Å²) in [6.07, 6.45) is 0. The molecule has 8 heteroatoms. The highest BCUT2D eigenvalue weighted by Gasteiger charge is 2.14. The van der Waals surface area contributed by atoms with Crippen molar-refractivity contribution in [2.75, 3.05) is 17.7 Å². The third-order valence-corrected chi connectivity index (χ3v) is 3.09. The minimum Gasteiger partial charge on any atom is -0.495 e. The van der Waals surface area contributed by atoms with Crippen molar-refractivity contribution in [2.45, 2.75) is 6.92 Å². The van der Waals surface area contributed by atoms with Crippen molar-refractivity contribution in [1.29, 1.82) is 0 Å². The highest BCUT2D eigenvalue weighted by molar-refractivity contribution is 6.05. The van der Waals surface area contributed by atoms with E-state index in [-0.39, 0.29) is 17.2 Å². The molecule has 0 spiro atoms. The lowest BCUT2D eigenvalue weighted by Crippen LogP contribution is -2.13. The predicted molar refractivity (Wildman–Crippen MR) is 88.3 cm³/mol. The number of methoxy groups -OCH3 is 1. The molecule has 24 heavy (non-hydrogen) atoms. The summed E-state index contributed by atoms with van der Waals surface area (Å²) in [4.78, 5) is 33.7. The van der Waals surface area contributed by atoms with Crippen molar-refractivity contribution < 1.29 is 19.2 Å². The minimum atomic E-state index is -0.575. The van der Waals surface area contributed by atoms with Gasteiger partial charge in [-0.05, 0) is 24.3 Å². The van der Waals surface area contributed by atoms with Crippen LogP contribution in [0.25, 0.3) is 0 Å². The number of amides is 2. The molecule has 124 valence electrons. The Morgan fingerprint density at radius 2 is 1.88 bits per heavy atom. The molecule has 0 saturated heterocycles. The molecule has 2 rings (SSSR count). The Morgan fingerprint density at radius 3 is 2.50 bits per heavy atom. The van der Waals surface area contributed by atoms with Crippen LogP contribution in [0.3, 0.4) is 0 Å². The van der Waals surface area contributed by atoms with Crippen LogP contribution in [0.5, 0.6) is 5.75 Å². The molecule has 0 heterocycles. The van der Waals surface area contributed by atoms with Crippen molar-refractivity contribution >= 4 is 28.9 Å². The van der Waals surface area contributed by atoms with E-state index in [9.17, 15) is 19.7 Å². The fourth-order valence-electron chi connectivity index (χ4n) is 2.04. The molecule has 0 unspecified atom stereocenters. The van der Waals surface area contributed by atoms with Gasteiger partial charge >= 0.3 is 0 Å². The summed E-state index contributed by atoms with van der Waals surface area (Å²) in [5.41, 5.74) is 0.774. The van der Waals surface area contributed by atoms with Crippen LogP contribution in [-0.4, -0.2) is 23.8 Å². The molecule has 0 aliphatic carbocycles. The van der Waals surface area contributed by atoms with Crippen molar-refractivity contribution in [3.8, 4) is 5.75 Å². The van der Waals surface area contributed by atoms with Crippen LogP contribution in [0, 0.1) is 10.1 Å². The predicted octanol–water partition coefficient (Wildman–Crippen LogP) is 2.81. The summed E-state index contributed by atoms with van der Waals surface area (Å²) in [6.45, 7) is 1.37. The molecule has 0 aromatic heterocycles. The van der Waals surface area contributed by atoms with Gasteiger partial charge in [-0.1, -0.05) is 6.07 Å². The number of nitrogens with zero attached hydrogens (tertiary/aromatic N) is 1. The first kappa shape index (κ1) is 16.9. The number of nitrogens with one attached hydrogen (secondary N) is 2. The summed E-state index contributed by atoms with van der Waals surface area (Å²) < 4.78 is 5.17. The summed E-state index contributed by atoms with van der Waals surface area (Å²) in [5, 5.41) is 16.0. The second-order valence-corrected chi connectivity index (χ2v) is 4.86. The average Bonchev–Trinajstić information content (AvgIpc) is 2.54. The van der Waals surface area contributed by atoms with Gasteiger partial charge in [0.2, 0.25) is 5.91 Å². The Morgan fingerprint density at radius 1 is 1.12 bits per heavy atom. The highest BCUT2D eigenvalue weighted by atomic mass is 16.6. The molecule has 2 amide bonds. The number of benzene rings is 2. The molecule has 0 radical (unpaired) electrons. The second kappa shape index (κ2) is 7.23. The number of carbonyl (C=O) groups is 2. The number of rotatable bonds is 5. The third-order valence-electron chi connectivity index (χ3n) is 3.09. The fourth-order valence-corrected chi connectivity index (χ4v) is 2.04. The largest absolute Gasteiger partial charge is 0.495 e. The van der Waals surface area contributed by atoms with E-state index in [0.717, 1.165) is 0 Å². The van der Waals surface area contributed by atoms with Crippen LogP contribution in [0.4, 0.5) is 17.1 Å². The van der Waals surface area contributed by atoms with Gasteiger partial charge in [-0.2, -0.15) is 0 Å². The maximum absolute atomic E-state index is 12.3. The van der Waals surface area contributed by atoms with Crippen molar-refractivity contribution in [1.82, 2.24) is 0 Å². The van der Waals surface area contributed by atoms with Crippen LogP contribution in [-0.2, 0) is 4.79 Å². The number of anilines is 2. The number of non-ortho nitro benzene ring substituents is 1. The zero-order valence-corrected chi connectivity index (χ0v) is 13.0. The lowest BCUT2D eigenvalue weighted by molar-refractivity contribution is -0.384. The fraction of sp³-hybridized carbons (Fsp3) is 0.125. The van der Waals surface area contributed by atoms with E-state index in [2.05, 4.69) is 10.6 Å². The van der Waals surface area contributed by atoms with E-state index in [0.29, 0.717) is 17.1 Å². The summed E-state index contributed by atoms with van der Waals surface area (Å²) >= 11 is 0. The Bertz CT molecular complexity index is 804. The molecule has 0 aliphatic rings. The monoisotopic (exact) mass is 329 g/mol. The van der Waals surface area contributed by atoms with Gasteiger partial charge in [0.25, 0.3) is 11.6 Å². The van der Waals surface area contributed by atoms with E-state index in [1.165, 1.54) is 44.4 Å². The van der Waals surface area contributed by atoms with Gasteiger partial charge in [-0.15, -0.1) is 0 Å². The van der Waals surface area contributed by atoms with Crippen molar-refractivity contribution in [3.63, 3.8) is 0 Å². The summed E-state index contributed by atoms with van der Waals surface area (Å²) in [6, 6.07) is 10.1. The lowest BCUT2D eigenvalue weighted by Gasteiger charge is -2.12. The zero-order chi connectivity index (χ0) is 17.7. The Hall–Kier alpha value is -3.42. The van der Waals surface area contributed by atoms with Gasteiger partial charge in [-0.3, -0.25) is 19.7 Å². The molecule has 0 bridgehead atoms. The molecular weight excluding hydrogens is 314 g/mol. The first-order valence-electron chi connectivity index (χ1n) is 6.92. The lowest BCUT2D eigenvalue weighted by atomic mass is 10.1. The Balaban J connectivity index is 2.28. The van der Waals surface area contributed by atoms with E-state index in [4.69, 9.17) is 4.74 Å². The van der Waals surface area contributed by atoms with Gasteiger partial charge in [0.05, 0.1) is 17.7 Å². The molecule has 0 aliphatic heterocycles. The number of nitro groups is 1. The topological polar surface area (TPSA) is 111 Å². The Labute approximate surface area is 137 Å². The van der Waals surface area contributed by atoms with Gasteiger partial charge in [-0.25, -0.2) is 0 Å². The van der Waals surface area contributed by atoms with E-state index in [1.807, 2.05) is 0 Å². The molecular formula is C16H15N3O5. The maximum Gasteiger partial charge on any atom is 0.270 e. The first-order chi connectivity index (χ1) is 11.4. The number of hydrogen-bond acceptors (Lipinski definition) is 5. The number of carbonyl (C=O) groups excluding carboxylic acids is 2.